The lowest BCUT2D eigenvalue weighted by atomic mass is 9.98. The molecule has 34 heavy (non-hydrogen) atoms. The lowest BCUT2D eigenvalue weighted by Crippen LogP contribution is -2.56. The fourth-order valence-electron chi connectivity index (χ4n) is 4.68. The molecule has 2 aliphatic carbocycles. The molecule has 2 amide bonds. The number of fused-ring (bicyclic) bond motifs is 3. The number of carbonyl (C=O) groups excluding carboxylic acids is 2. The zero-order valence-electron chi connectivity index (χ0n) is 18.0. The molecule has 3 atom stereocenters. The van der Waals surface area contributed by atoms with Crippen LogP contribution in [-0.2, 0) is 14.3 Å². The SMILES string of the molecule is O=C(NC(C(=O)NC1CCC(C(=O)O)C1)C(F)(F)F)OCC1c2ccccc2-c2ccccc21. The quantitative estimate of drug-likeness (QED) is 0.588. The first-order valence-electron chi connectivity index (χ1n) is 10.9. The topological polar surface area (TPSA) is 105 Å². The highest BCUT2D eigenvalue weighted by molar-refractivity contribution is 5.87. The molecule has 2 aromatic carbocycles. The molecule has 7 nitrogen and oxygen atoms in total. The van der Waals surface area contributed by atoms with Gasteiger partial charge in [-0.05, 0) is 41.5 Å². The molecule has 0 aromatic heterocycles. The van der Waals surface area contributed by atoms with Crippen molar-refractivity contribution in [3.8, 4) is 11.1 Å². The summed E-state index contributed by atoms with van der Waals surface area (Å²) in [6.07, 6.45) is -5.87. The molecule has 180 valence electrons. The standard InChI is InChI=1S/C24H23F3N2O5/c25-24(26,27)20(21(30)28-14-10-9-13(11-14)22(31)32)29-23(33)34-12-19-17-7-3-1-5-15(17)16-6-2-4-8-18(16)19/h1-8,13-14,19-20H,9-12H2,(H,28,30)(H,29,33)(H,31,32). The molecule has 10 heteroatoms. The second-order valence-electron chi connectivity index (χ2n) is 8.50. The molecule has 2 aromatic rings. The third kappa shape index (κ3) is 4.85. The first-order chi connectivity index (χ1) is 16.1. The molecule has 0 radical (unpaired) electrons. The molecule has 3 N–H and O–H groups in total. The Morgan fingerprint density at radius 2 is 1.59 bits per heavy atom. The number of amides is 2. The van der Waals surface area contributed by atoms with Gasteiger partial charge in [0.05, 0.1) is 5.92 Å². The van der Waals surface area contributed by atoms with Crippen molar-refractivity contribution in [2.45, 2.75) is 43.4 Å². The van der Waals surface area contributed by atoms with Crippen molar-refractivity contribution in [3.05, 3.63) is 59.7 Å². The predicted octanol–water partition coefficient (Wildman–Crippen LogP) is 3.83. The summed E-state index contributed by atoms with van der Waals surface area (Å²) in [6, 6.07) is 11.5. The Bertz CT molecular complexity index is 1060. The lowest BCUT2D eigenvalue weighted by molar-refractivity contribution is -0.168. The van der Waals surface area contributed by atoms with Crippen molar-refractivity contribution >= 4 is 18.0 Å². The number of benzene rings is 2. The Morgan fingerprint density at radius 3 is 2.12 bits per heavy atom. The van der Waals surface area contributed by atoms with Gasteiger partial charge in [-0.2, -0.15) is 13.2 Å². The van der Waals surface area contributed by atoms with E-state index in [4.69, 9.17) is 9.84 Å². The molecule has 1 saturated carbocycles. The zero-order chi connectivity index (χ0) is 24.5. The maximum absolute atomic E-state index is 13.5. The highest BCUT2D eigenvalue weighted by Crippen LogP contribution is 2.44. The monoisotopic (exact) mass is 476 g/mol. The van der Waals surface area contributed by atoms with Gasteiger partial charge >= 0.3 is 18.2 Å². The Balaban J connectivity index is 1.39. The number of carboxylic acids is 1. The van der Waals surface area contributed by atoms with Crippen LogP contribution in [0.3, 0.4) is 0 Å². The highest BCUT2D eigenvalue weighted by atomic mass is 19.4. The zero-order valence-corrected chi connectivity index (χ0v) is 18.0. The van der Waals surface area contributed by atoms with Crippen LogP contribution in [0.1, 0.15) is 36.3 Å². The van der Waals surface area contributed by atoms with Crippen molar-refractivity contribution < 1.29 is 37.4 Å². The van der Waals surface area contributed by atoms with Crippen molar-refractivity contribution in [2.75, 3.05) is 6.61 Å². The number of alkyl halides is 3. The number of aliphatic carboxylic acids is 1. The molecule has 2 aliphatic rings. The third-order valence-electron chi connectivity index (χ3n) is 6.32. The van der Waals surface area contributed by atoms with Gasteiger partial charge in [-0.3, -0.25) is 9.59 Å². The number of carbonyl (C=O) groups is 3. The van der Waals surface area contributed by atoms with E-state index in [-0.39, 0.29) is 31.8 Å². The van der Waals surface area contributed by atoms with Crippen LogP contribution in [0.2, 0.25) is 0 Å². The summed E-state index contributed by atoms with van der Waals surface area (Å²) >= 11 is 0. The summed E-state index contributed by atoms with van der Waals surface area (Å²) in [5, 5.41) is 12.9. The van der Waals surface area contributed by atoms with E-state index in [1.807, 2.05) is 48.5 Å². The number of alkyl carbamates (subject to hydrolysis) is 1. The number of hydrogen-bond donors (Lipinski definition) is 3. The summed E-state index contributed by atoms with van der Waals surface area (Å²) in [7, 11) is 0. The molecule has 0 heterocycles. The molecule has 0 bridgehead atoms. The van der Waals surface area contributed by atoms with Crippen LogP contribution in [0, 0.1) is 5.92 Å². The van der Waals surface area contributed by atoms with Crippen LogP contribution in [0.5, 0.6) is 0 Å². The number of rotatable bonds is 6. The van der Waals surface area contributed by atoms with E-state index in [2.05, 4.69) is 5.32 Å². The molecule has 1 fully saturated rings. The molecule has 3 unspecified atom stereocenters. The Hall–Kier alpha value is -3.56. The molecule has 0 spiro atoms. The minimum absolute atomic E-state index is 0.0383. The van der Waals surface area contributed by atoms with Gasteiger partial charge in [0.2, 0.25) is 6.04 Å². The van der Waals surface area contributed by atoms with Crippen molar-refractivity contribution in [2.24, 2.45) is 5.92 Å². The minimum Gasteiger partial charge on any atom is -0.481 e. The van der Waals surface area contributed by atoms with Crippen LogP contribution in [0.25, 0.3) is 11.1 Å². The van der Waals surface area contributed by atoms with Crippen LogP contribution >= 0.6 is 0 Å². The van der Waals surface area contributed by atoms with Gasteiger partial charge < -0.3 is 20.5 Å². The minimum atomic E-state index is -5.06. The maximum atomic E-state index is 13.5. The van der Waals surface area contributed by atoms with E-state index in [1.54, 1.807) is 5.32 Å². The Kier molecular flexibility index (Phi) is 6.49. The average Bonchev–Trinajstić information content (AvgIpc) is 3.38. The van der Waals surface area contributed by atoms with Gasteiger partial charge in [0, 0.05) is 12.0 Å². The summed E-state index contributed by atoms with van der Waals surface area (Å²) in [5.41, 5.74) is 3.73. The van der Waals surface area contributed by atoms with E-state index in [0.29, 0.717) is 0 Å². The second kappa shape index (κ2) is 9.36. The van der Waals surface area contributed by atoms with E-state index < -0.39 is 42.1 Å². The highest BCUT2D eigenvalue weighted by Gasteiger charge is 2.47. The second-order valence-corrected chi connectivity index (χ2v) is 8.50. The van der Waals surface area contributed by atoms with Crippen molar-refractivity contribution in [1.82, 2.24) is 10.6 Å². The van der Waals surface area contributed by atoms with Crippen LogP contribution in [0.15, 0.2) is 48.5 Å². The normalized spacial score (nSPS) is 20.2. The summed E-state index contributed by atoms with van der Waals surface area (Å²) in [6.45, 7) is -0.199. The number of hydrogen-bond acceptors (Lipinski definition) is 4. The molecular weight excluding hydrogens is 453 g/mol. The van der Waals surface area contributed by atoms with Crippen molar-refractivity contribution in [1.29, 1.82) is 0 Å². The maximum Gasteiger partial charge on any atom is 0.417 e. The van der Waals surface area contributed by atoms with Gasteiger partial charge in [0.25, 0.3) is 5.91 Å². The van der Waals surface area contributed by atoms with Gasteiger partial charge in [-0.1, -0.05) is 48.5 Å². The van der Waals surface area contributed by atoms with Crippen LogP contribution < -0.4 is 10.6 Å². The smallest absolute Gasteiger partial charge is 0.417 e. The summed E-state index contributed by atoms with van der Waals surface area (Å²) in [4.78, 5) is 35.6. The van der Waals surface area contributed by atoms with Crippen LogP contribution in [0.4, 0.5) is 18.0 Å². The van der Waals surface area contributed by atoms with E-state index in [9.17, 15) is 27.6 Å². The fraction of sp³-hybridized carbons (Fsp3) is 0.375. The average molecular weight is 476 g/mol. The fourth-order valence-corrected chi connectivity index (χ4v) is 4.68. The van der Waals surface area contributed by atoms with Gasteiger partial charge in [0.1, 0.15) is 6.61 Å². The summed E-state index contributed by atoms with van der Waals surface area (Å²) < 4.78 is 45.7. The van der Waals surface area contributed by atoms with E-state index in [1.165, 1.54) is 0 Å². The molecule has 0 saturated heterocycles. The van der Waals surface area contributed by atoms with Crippen molar-refractivity contribution in [3.63, 3.8) is 0 Å². The van der Waals surface area contributed by atoms with E-state index >= 15 is 0 Å². The Morgan fingerprint density at radius 1 is 1.00 bits per heavy atom. The number of ether oxygens (including phenoxy) is 1. The predicted molar refractivity (Wildman–Crippen MR) is 115 cm³/mol. The first kappa shape index (κ1) is 23.6. The molecule has 4 rings (SSSR count). The third-order valence-corrected chi connectivity index (χ3v) is 6.32. The Labute approximate surface area is 193 Å². The van der Waals surface area contributed by atoms with Gasteiger partial charge in [0.15, 0.2) is 0 Å². The van der Waals surface area contributed by atoms with E-state index in [0.717, 1.165) is 22.3 Å². The summed E-state index contributed by atoms with van der Waals surface area (Å²) in [5.74, 6) is -3.56. The first-order valence-corrected chi connectivity index (χ1v) is 10.9. The van der Waals surface area contributed by atoms with Gasteiger partial charge in [-0.15, -0.1) is 0 Å². The molecule has 0 aliphatic heterocycles. The molecular formula is C24H23F3N2O5. The number of nitrogens with one attached hydrogen (secondary N) is 2. The number of halogens is 3. The number of carboxylic acid groups (broad SMARTS) is 1. The largest absolute Gasteiger partial charge is 0.481 e. The van der Waals surface area contributed by atoms with Crippen LogP contribution in [-0.4, -0.2) is 47.9 Å². The van der Waals surface area contributed by atoms with Gasteiger partial charge in [-0.25, -0.2) is 4.79 Å². The lowest BCUT2D eigenvalue weighted by Gasteiger charge is -2.23.